The Kier molecular flexibility index (Phi) is 3.03. The molecule has 0 unspecified atom stereocenters. The van der Waals surface area contributed by atoms with Crippen molar-refractivity contribution in [2.45, 2.75) is 50.7 Å². The zero-order valence-corrected chi connectivity index (χ0v) is 11.8. The Morgan fingerprint density at radius 3 is 2.60 bits per heavy atom. The van der Waals surface area contributed by atoms with Crippen molar-refractivity contribution in [1.82, 2.24) is 10.2 Å². The van der Waals surface area contributed by atoms with Gasteiger partial charge in [0, 0.05) is 19.1 Å². The van der Waals surface area contributed by atoms with Crippen molar-refractivity contribution in [1.29, 1.82) is 0 Å². The van der Waals surface area contributed by atoms with Crippen LogP contribution in [0, 0.1) is 5.92 Å². The molecule has 1 amide bonds. The van der Waals surface area contributed by atoms with Crippen LogP contribution in [0.25, 0.3) is 0 Å². The Morgan fingerprint density at radius 1 is 1.15 bits per heavy atom. The summed E-state index contributed by atoms with van der Waals surface area (Å²) in [5, 5.41) is 3.44. The van der Waals surface area contributed by atoms with Crippen molar-refractivity contribution < 1.29 is 4.79 Å². The lowest BCUT2D eigenvalue weighted by Gasteiger charge is -2.31. The van der Waals surface area contributed by atoms with Crippen molar-refractivity contribution in [3.8, 4) is 0 Å². The molecule has 1 aromatic rings. The number of fused-ring (bicyclic) bond motifs is 1. The summed E-state index contributed by atoms with van der Waals surface area (Å²) in [6.07, 6.45) is 5.90. The highest BCUT2D eigenvalue weighted by Crippen LogP contribution is 2.35. The summed E-state index contributed by atoms with van der Waals surface area (Å²) in [6, 6.07) is 9.01. The molecule has 0 aromatic heterocycles. The third kappa shape index (κ3) is 2.47. The molecular weight excluding hydrogens is 248 g/mol. The molecule has 4 rings (SSSR count). The van der Waals surface area contributed by atoms with E-state index in [0.717, 1.165) is 25.4 Å². The van der Waals surface area contributed by atoms with E-state index in [9.17, 15) is 4.79 Å². The quantitative estimate of drug-likeness (QED) is 0.908. The van der Waals surface area contributed by atoms with Crippen LogP contribution in [0.5, 0.6) is 0 Å². The Hall–Kier alpha value is -1.35. The van der Waals surface area contributed by atoms with Gasteiger partial charge >= 0.3 is 0 Å². The Bertz CT molecular complexity index is 519. The topological polar surface area (TPSA) is 32.3 Å². The molecule has 3 aliphatic rings. The van der Waals surface area contributed by atoms with Crippen LogP contribution >= 0.6 is 0 Å². The minimum atomic E-state index is -0.00995. The maximum atomic E-state index is 12.8. The lowest BCUT2D eigenvalue weighted by atomic mass is 9.95. The van der Waals surface area contributed by atoms with Crippen LogP contribution in [0.1, 0.15) is 36.8 Å². The highest BCUT2D eigenvalue weighted by Gasteiger charge is 2.39. The van der Waals surface area contributed by atoms with Crippen LogP contribution in [0.3, 0.4) is 0 Å². The first kappa shape index (κ1) is 12.4. The fraction of sp³-hybridized carbons (Fsp3) is 0.588. The largest absolute Gasteiger partial charge is 0.338 e. The van der Waals surface area contributed by atoms with E-state index < -0.39 is 0 Å². The molecule has 2 saturated carbocycles. The molecule has 2 fully saturated rings. The van der Waals surface area contributed by atoms with E-state index in [2.05, 4.69) is 34.5 Å². The van der Waals surface area contributed by atoms with Crippen LogP contribution < -0.4 is 5.32 Å². The molecular formula is C17H22N2O. The summed E-state index contributed by atoms with van der Waals surface area (Å²) in [5.41, 5.74) is 2.68. The van der Waals surface area contributed by atoms with Gasteiger partial charge in [-0.25, -0.2) is 0 Å². The molecule has 3 heteroatoms. The summed E-state index contributed by atoms with van der Waals surface area (Å²) in [7, 11) is 0. The first-order valence-electron chi connectivity index (χ1n) is 7.92. The van der Waals surface area contributed by atoms with Gasteiger partial charge in [0.05, 0.1) is 6.04 Å². The van der Waals surface area contributed by atoms with Gasteiger partial charge in [-0.3, -0.25) is 4.79 Å². The van der Waals surface area contributed by atoms with Gasteiger partial charge in [0.25, 0.3) is 0 Å². The highest BCUT2D eigenvalue weighted by molar-refractivity contribution is 5.83. The summed E-state index contributed by atoms with van der Waals surface area (Å²) < 4.78 is 0. The smallest absolute Gasteiger partial charge is 0.240 e. The second kappa shape index (κ2) is 4.88. The van der Waals surface area contributed by atoms with Gasteiger partial charge in [-0.2, -0.15) is 0 Å². The molecule has 0 saturated heterocycles. The first-order chi connectivity index (χ1) is 9.81. The van der Waals surface area contributed by atoms with Crippen LogP contribution in [0.2, 0.25) is 0 Å². The molecule has 1 heterocycles. The molecule has 0 radical (unpaired) electrons. The van der Waals surface area contributed by atoms with Crippen molar-refractivity contribution in [2.24, 2.45) is 5.92 Å². The van der Waals surface area contributed by atoms with Gasteiger partial charge in [0.15, 0.2) is 0 Å². The fourth-order valence-electron chi connectivity index (χ4n) is 3.21. The predicted octanol–water partition coefficient (Wildman–Crippen LogP) is 2.10. The normalized spacial score (nSPS) is 25.1. The van der Waals surface area contributed by atoms with Gasteiger partial charge < -0.3 is 10.2 Å². The third-order valence-electron chi connectivity index (χ3n) is 4.80. The summed E-state index contributed by atoms with van der Waals surface area (Å²) in [5.74, 6) is 1.13. The number of carbonyl (C=O) groups excluding carboxylic acids is 1. The number of nitrogens with zero attached hydrogens (tertiary/aromatic N) is 1. The van der Waals surface area contributed by atoms with Gasteiger partial charge in [-0.15, -0.1) is 0 Å². The van der Waals surface area contributed by atoms with E-state index in [1.807, 2.05) is 0 Å². The standard InChI is InChI=1S/C17H22N2O/c20-17(19(15-7-8-15)11-12-5-6-12)16-9-13-3-1-2-4-14(13)10-18-16/h1-4,12,15-16,18H,5-11H2/t16-/m1/s1. The second-order valence-electron chi connectivity index (χ2n) is 6.57. The van der Waals surface area contributed by atoms with E-state index in [-0.39, 0.29) is 6.04 Å². The van der Waals surface area contributed by atoms with Crippen molar-refractivity contribution >= 4 is 5.91 Å². The number of hydrogen-bond donors (Lipinski definition) is 1. The molecule has 0 bridgehead atoms. The van der Waals surface area contributed by atoms with Gasteiger partial charge in [0.1, 0.15) is 0 Å². The summed E-state index contributed by atoms with van der Waals surface area (Å²) >= 11 is 0. The van der Waals surface area contributed by atoms with Crippen molar-refractivity contribution in [3.05, 3.63) is 35.4 Å². The Labute approximate surface area is 120 Å². The molecule has 1 aliphatic heterocycles. The second-order valence-corrected chi connectivity index (χ2v) is 6.57. The van der Waals surface area contributed by atoms with Crippen LogP contribution in [0.15, 0.2) is 24.3 Å². The SMILES string of the molecule is O=C([C@H]1Cc2ccccc2CN1)N(CC1CC1)C1CC1. The molecule has 20 heavy (non-hydrogen) atoms. The monoisotopic (exact) mass is 270 g/mol. The molecule has 1 aromatic carbocycles. The van der Waals surface area contributed by atoms with E-state index in [1.54, 1.807) is 0 Å². The maximum Gasteiger partial charge on any atom is 0.240 e. The van der Waals surface area contributed by atoms with Crippen LogP contribution in [0.4, 0.5) is 0 Å². The number of hydrogen-bond acceptors (Lipinski definition) is 2. The van der Waals surface area contributed by atoms with Gasteiger partial charge in [-0.05, 0) is 49.1 Å². The number of rotatable bonds is 4. The van der Waals surface area contributed by atoms with Crippen molar-refractivity contribution in [2.75, 3.05) is 6.54 Å². The summed E-state index contributed by atoms with van der Waals surface area (Å²) in [4.78, 5) is 15.0. The molecule has 3 nitrogen and oxygen atoms in total. The first-order valence-corrected chi connectivity index (χ1v) is 7.92. The zero-order chi connectivity index (χ0) is 13.5. The number of amides is 1. The molecule has 1 N–H and O–H groups in total. The Morgan fingerprint density at radius 2 is 1.90 bits per heavy atom. The predicted molar refractivity (Wildman–Crippen MR) is 78.2 cm³/mol. The van der Waals surface area contributed by atoms with E-state index in [0.29, 0.717) is 11.9 Å². The minimum Gasteiger partial charge on any atom is -0.338 e. The lowest BCUT2D eigenvalue weighted by Crippen LogP contribution is -2.50. The van der Waals surface area contributed by atoms with E-state index >= 15 is 0 Å². The van der Waals surface area contributed by atoms with Crippen molar-refractivity contribution in [3.63, 3.8) is 0 Å². The molecule has 106 valence electrons. The molecule has 2 aliphatic carbocycles. The lowest BCUT2D eigenvalue weighted by molar-refractivity contribution is -0.134. The average Bonchev–Trinajstić information content (AvgIpc) is 3.37. The van der Waals surface area contributed by atoms with E-state index in [4.69, 9.17) is 0 Å². The maximum absolute atomic E-state index is 12.8. The fourth-order valence-corrected chi connectivity index (χ4v) is 3.21. The van der Waals surface area contributed by atoms with Gasteiger partial charge in [-0.1, -0.05) is 24.3 Å². The van der Waals surface area contributed by atoms with E-state index in [1.165, 1.54) is 36.8 Å². The molecule has 0 spiro atoms. The average molecular weight is 270 g/mol. The third-order valence-corrected chi connectivity index (χ3v) is 4.80. The Balaban J connectivity index is 1.48. The zero-order valence-electron chi connectivity index (χ0n) is 11.8. The molecule has 1 atom stereocenters. The number of nitrogens with one attached hydrogen (secondary N) is 1. The summed E-state index contributed by atoms with van der Waals surface area (Å²) in [6.45, 7) is 1.83. The number of carbonyl (C=O) groups is 1. The number of benzene rings is 1. The highest BCUT2D eigenvalue weighted by atomic mass is 16.2. The van der Waals surface area contributed by atoms with Crippen LogP contribution in [-0.2, 0) is 17.8 Å². The van der Waals surface area contributed by atoms with Crippen LogP contribution in [-0.4, -0.2) is 29.4 Å². The van der Waals surface area contributed by atoms with Gasteiger partial charge in [0.2, 0.25) is 5.91 Å². The minimum absolute atomic E-state index is 0.00995.